The highest BCUT2D eigenvalue weighted by atomic mass is 19.4. The van der Waals surface area contributed by atoms with Gasteiger partial charge in [-0.25, -0.2) is 4.98 Å². The molecule has 0 saturated heterocycles. The molecule has 1 aromatic rings. The van der Waals surface area contributed by atoms with Crippen molar-refractivity contribution in [2.24, 2.45) is 0 Å². The molecule has 0 unspecified atom stereocenters. The molecule has 0 saturated carbocycles. The summed E-state index contributed by atoms with van der Waals surface area (Å²) in [4.78, 5) is 3.31. The minimum Gasteiger partial charge on any atom is -0.445 e. The van der Waals surface area contributed by atoms with Crippen LogP contribution in [0.15, 0.2) is 4.42 Å². The van der Waals surface area contributed by atoms with Gasteiger partial charge in [-0.15, -0.1) is 0 Å². The normalized spacial score (nSPS) is 12.1. The third-order valence-corrected chi connectivity index (χ3v) is 1.41. The molecular formula is C7H8F3NO. The second-order valence-electron chi connectivity index (χ2n) is 2.36. The maximum absolute atomic E-state index is 12.1. The highest BCUT2D eigenvalue weighted by Gasteiger charge is 2.37. The molecule has 0 spiro atoms. The Morgan fingerprint density at radius 3 is 2.25 bits per heavy atom. The number of alkyl halides is 3. The Bertz CT molecular complexity index is 277. The van der Waals surface area contributed by atoms with E-state index in [0.29, 0.717) is 6.42 Å². The number of hydrogen-bond donors (Lipinski definition) is 0. The number of oxazole rings is 1. The maximum atomic E-state index is 12.1. The van der Waals surface area contributed by atoms with Crippen LogP contribution < -0.4 is 0 Å². The lowest BCUT2D eigenvalue weighted by Crippen LogP contribution is -2.07. The van der Waals surface area contributed by atoms with Gasteiger partial charge in [0.05, 0.1) is 0 Å². The molecule has 68 valence electrons. The molecule has 1 aromatic heterocycles. The predicted molar refractivity (Wildman–Crippen MR) is 35.6 cm³/mol. The molecule has 0 aliphatic rings. The second kappa shape index (κ2) is 2.80. The van der Waals surface area contributed by atoms with Crippen LogP contribution in [0, 0.1) is 6.92 Å². The Hall–Kier alpha value is -1.00. The zero-order valence-electron chi connectivity index (χ0n) is 6.70. The van der Waals surface area contributed by atoms with Crippen LogP contribution in [-0.4, -0.2) is 4.98 Å². The first kappa shape index (κ1) is 9.09. The summed E-state index contributed by atoms with van der Waals surface area (Å²) in [5, 5.41) is 0. The average Bonchev–Trinajstić information content (AvgIpc) is 2.29. The molecular weight excluding hydrogens is 171 g/mol. The van der Waals surface area contributed by atoms with Gasteiger partial charge in [0, 0.05) is 6.42 Å². The molecule has 0 bridgehead atoms. The van der Waals surface area contributed by atoms with Crippen LogP contribution in [0.4, 0.5) is 13.2 Å². The minimum absolute atomic E-state index is 0.125. The maximum Gasteiger partial charge on any atom is 0.436 e. The molecule has 5 heteroatoms. The van der Waals surface area contributed by atoms with Gasteiger partial charge in [0.25, 0.3) is 0 Å². The van der Waals surface area contributed by atoms with E-state index in [-0.39, 0.29) is 11.7 Å². The van der Waals surface area contributed by atoms with Crippen molar-refractivity contribution in [3.63, 3.8) is 0 Å². The van der Waals surface area contributed by atoms with Gasteiger partial charge >= 0.3 is 6.18 Å². The lowest BCUT2D eigenvalue weighted by Gasteiger charge is -2.00. The zero-order chi connectivity index (χ0) is 9.35. The summed E-state index contributed by atoms with van der Waals surface area (Å²) in [6, 6.07) is 0. The number of halogens is 3. The minimum atomic E-state index is -4.40. The van der Waals surface area contributed by atoms with Gasteiger partial charge in [0.1, 0.15) is 5.76 Å². The Kier molecular flexibility index (Phi) is 2.12. The third kappa shape index (κ3) is 1.60. The second-order valence-corrected chi connectivity index (χ2v) is 2.36. The Morgan fingerprint density at radius 1 is 1.42 bits per heavy atom. The van der Waals surface area contributed by atoms with Crippen LogP contribution in [-0.2, 0) is 12.6 Å². The molecule has 12 heavy (non-hydrogen) atoms. The SMILES string of the molecule is CCc1nc(C(F)(F)F)c(C)o1. The number of nitrogens with zero attached hydrogens (tertiary/aromatic N) is 1. The van der Waals surface area contributed by atoms with Gasteiger partial charge in [-0.1, -0.05) is 6.92 Å². The quantitative estimate of drug-likeness (QED) is 0.662. The van der Waals surface area contributed by atoms with Crippen molar-refractivity contribution in [2.45, 2.75) is 26.4 Å². The van der Waals surface area contributed by atoms with E-state index in [1.54, 1.807) is 6.92 Å². The van der Waals surface area contributed by atoms with Crippen molar-refractivity contribution in [2.75, 3.05) is 0 Å². The lowest BCUT2D eigenvalue weighted by atomic mass is 10.3. The fourth-order valence-electron chi connectivity index (χ4n) is 0.866. The first-order chi connectivity index (χ1) is 5.45. The largest absolute Gasteiger partial charge is 0.445 e. The van der Waals surface area contributed by atoms with Crippen molar-refractivity contribution in [1.29, 1.82) is 0 Å². The van der Waals surface area contributed by atoms with Gasteiger partial charge in [-0.2, -0.15) is 13.2 Å². The van der Waals surface area contributed by atoms with Crippen molar-refractivity contribution >= 4 is 0 Å². The van der Waals surface area contributed by atoms with Crippen molar-refractivity contribution in [1.82, 2.24) is 4.98 Å². The summed E-state index contributed by atoms with van der Waals surface area (Å²) >= 11 is 0. The summed E-state index contributed by atoms with van der Waals surface area (Å²) in [6.07, 6.45) is -4.03. The van der Waals surface area contributed by atoms with E-state index in [9.17, 15) is 13.2 Å². The van der Waals surface area contributed by atoms with E-state index in [1.165, 1.54) is 6.92 Å². The molecule has 2 nitrogen and oxygen atoms in total. The van der Waals surface area contributed by atoms with E-state index >= 15 is 0 Å². The summed E-state index contributed by atoms with van der Waals surface area (Å²) in [6.45, 7) is 2.94. The third-order valence-electron chi connectivity index (χ3n) is 1.41. The number of aryl methyl sites for hydroxylation is 2. The van der Waals surface area contributed by atoms with Crippen LogP contribution in [0.5, 0.6) is 0 Å². The van der Waals surface area contributed by atoms with E-state index in [0.717, 1.165) is 0 Å². The monoisotopic (exact) mass is 179 g/mol. The fourth-order valence-corrected chi connectivity index (χ4v) is 0.866. The lowest BCUT2D eigenvalue weighted by molar-refractivity contribution is -0.141. The number of aromatic nitrogens is 1. The van der Waals surface area contributed by atoms with Crippen LogP contribution in [0.2, 0.25) is 0 Å². The molecule has 1 heterocycles. The van der Waals surface area contributed by atoms with Crippen molar-refractivity contribution < 1.29 is 17.6 Å². The van der Waals surface area contributed by atoms with E-state index in [4.69, 9.17) is 4.42 Å². The van der Waals surface area contributed by atoms with Crippen LogP contribution in [0.1, 0.15) is 24.3 Å². The predicted octanol–water partition coefficient (Wildman–Crippen LogP) is 2.56. The Balaban J connectivity index is 3.08. The highest BCUT2D eigenvalue weighted by Crippen LogP contribution is 2.31. The van der Waals surface area contributed by atoms with Gasteiger partial charge < -0.3 is 4.42 Å². The molecule has 0 radical (unpaired) electrons. The highest BCUT2D eigenvalue weighted by molar-refractivity contribution is 5.11. The fraction of sp³-hybridized carbons (Fsp3) is 0.571. The number of hydrogen-bond acceptors (Lipinski definition) is 2. The van der Waals surface area contributed by atoms with Gasteiger partial charge in [0.2, 0.25) is 0 Å². The summed E-state index contributed by atoms with van der Waals surface area (Å²) in [7, 11) is 0. The topological polar surface area (TPSA) is 26.0 Å². The summed E-state index contributed by atoms with van der Waals surface area (Å²) in [5.41, 5.74) is -0.917. The number of rotatable bonds is 1. The van der Waals surface area contributed by atoms with Crippen LogP contribution in [0.25, 0.3) is 0 Å². The Labute approximate surface area is 67.4 Å². The molecule has 0 fully saturated rings. The van der Waals surface area contributed by atoms with E-state index in [1.807, 2.05) is 0 Å². The van der Waals surface area contributed by atoms with Gasteiger partial charge in [-0.3, -0.25) is 0 Å². The first-order valence-electron chi connectivity index (χ1n) is 3.48. The molecule has 0 amide bonds. The smallest absolute Gasteiger partial charge is 0.436 e. The summed E-state index contributed by atoms with van der Waals surface area (Å²) < 4.78 is 41.0. The van der Waals surface area contributed by atoms with Gasteiger partial charge in [0.15, 0.2) is 11.6 Å². The standard InChI is InChI=1S/C7H8F3NO/c1-3-5-11-6(4(2)12-5)7(8,9)10/h3H2,1-2H3. The van der Waals surface area contributed by atoms with Crippen LogP contribution >= 0.6 is 0 Å². The summed E-state index contributed by atoms with van der Waals surface area (Å²) in [5.74, 6) is -0.0424. The first-order valence-corrected chi connectivity index (χ1v) is 3.48. The van der Waals surface area contributed by atoms with E-state index in [2.05, 4.69) is 4.98 Å². The van der Waals surface area contributed by atoms with Crippen molar-refractivity contribution in [3.05, 3.63) is 17.3 Å². The van der Waals surface area contributed by atoms with E-state index < -0.39 is 11.9 Å². The Morgan fingerprint density at radius 2 is 2.00 bits per heavy atom. The van der Waals surface area contributed by atoms with Crippen LogP contribution in [0.3, 0.4) is 0 Å². The zero-order valence-corrected chi connectivity index (χ0v) is 6.70. The molecule has 0 aliphatic carbocycles. The molecule has 0 aromatic carbocycles. The molecule has 0 aliphatic heterocycles. The molecule has 0 atom stereocenters. The molecule has 0 N–H and O–H groups in total. The van der Waals surface area contributed by atoms with Crippen molar-refractivity contribution in [3.8, 4) is 0 Å². The van der Waals surface area contributed by atoms with Gasteiger partial charge in [-0.05, 0) is 6.92 Å². The average molecular weight is 179 g/mol. The molecule has 1 rings (SSSR count).